The molecule has 0 bridgehead atoms. The Hall–Kier alpha value is -7.48. The Morgan fingerprint density at radius 1 is 0.396 bits per heavy atom. The van der Waals surface area contributed by atoms with Gasteiger partial charge in [0, 0.05) is 35.6 Å². The van der Waals surface area contributed by atoms with Crippen molar-refractivity contribution in [3.05, 3.63) is 156 Å². The summed E-state index contributed by atoms with van der Waals surface area (Å²) in [5, 5.41) is 24.9. The van der Waals surface area contributed by atoms with E-state index in [1.807, 2.05) is 24.3 Å². The summed E-state index contributed by atoms with van der Waals surface area (Å²) in [5.74, 6) is -1.74. The number of anilines is 2. The third kappa shape index (κ3) is 9.01. The first-order valence-electron chi connectivity index (χ1n) is 16.0. The lowest BCUT2D eigenvalue weighted by molar-refractivity contribution is -0.255. The first kappa shape index (κ1) is 35.3. The average Bonchev–Trinajstić information content (AvgIpc) is 3.15. The summed E-state index contributed by atoms with van der Waals surface area (Å²) < 4.78 is 17.5. The van der Waals surface area contributed by atoms with Crippen LogP contribution in [0.2, 0.25) is 0 Å². The second-order valence-electron chi connectivity index (χ2n) is 11.6. The van der Waals surface area contributed by atoms with Crippen molar-refractivity contribution in [2.75, 3.05) is 10.6 Å². The Morgan fingerprint density at radius 3 is 1.00 bits per heavy atom. The average molecular weight is 713 g/mol. The van der Waals surface area contributed by atoms with Crippen LogP contribution in [0.4, 0.5) is 22.7 Å². The summed E-state index contributed by atoms with van der Waals surface area (Å²) >= 11 is 0. The molecule has 0 fully saturated rings. The van der Waals surface area contributed by atoms with Gasteiger partial charge in [-0.05, 0) is 109 Å². The SMILES string of the molecule is [NH3+]c1ccc(Oc2ccc(NC(=O)c3cc(Oc4ccc(C(=O)O)c(C(=O)Nc5ccc(Oc6ccc([NH3+])cc6)cc5)c4)ccc3C(=O)O)cc2)cc1. The van der Waals surface area contributed by atoms with Crippen molar-refractivity contribution in [2.24, 2.45) is 0 Å². The van der Waals surface area contributed by atoms with Crippen molar-refractivity contribution in [3.63, 3.8) is 0 Å². The largest absolute Gasteiger partial charge is 0.478 e. The molecule has 13 nitrogen and oxygen atoms in total. The molecule has 2 amide bonds. The maximum atomic E-state index is 13.3. The molecule has 0 radical (unpaired) electrons. The molecule has 0 aliphatic rings. The molecule has 13 heteroatoms. The molecule has 264 valence electrons. The van der Waals surface area contributed by atoms with Crippen LogP contribution in [-0.4, -0.2) is 34.0 Å². The molecule has 0 unspecified atom stereocenters. The topological polar surface area (TPSA) is 216 Å². The van der Waals surface area contributed by atoms with Crippen LogP contribution in [0.3, 0.4) is 0 Å². The van der Waals surface area contributed by atoms with Gasteiger partial charge in [0.2, 0.25) is 0 Å². The molecular formula is C40H32N4O9+2. The first-order valence-corrected chi connectivity index (χ1v) is 16.0. The third-order valence-electron chi connectivity index (χ3n) is 7.71. The minimum Gasteiger partial charge on any atom is -0.478 e. The Bertz CT molecular complexity index is 2140. The molecule has 0 saturated carbocycles. The highest BCUT2D eigenvalue weighted by Gasteiger charge is 2.21. The van der Waals surface area contributed by atoms with E-state index in [2.05, 4.69) is 22.1 Å². The zero-order chi connectivity index (χ0) is 37.5. The number of hydrogen-bond donors (Lipinski definition) is 6. The van der Waals surface area contributed by atoms with Crippen LogP contribution < -0.4 is 36.3 Å². The highest BCUT2D eigenvalue weighted by atomic mass is 16.5. The molecule has 0 aliphatic heterocycles. The van der Waals surface area contributed by atoms with E-state index in [4.69, 9.17) is 14.2 Å². The Balaban J connectivity index is 1.16. The van der Waals surface area contributed by atoms with Gasteiger partial charge < -0.3 is 46.5 Å². The van der Waals surface area contributed by atoms with Gasteiger partial charge in [-0.25, -0.2) is 9.59 Å². The monoisotopic (exact) mass is 712 g/mol. The van der Waals surface area contributed by atoms with Gasteiger partial charge in [0.1, 0.15) is 45.9 Å². The van der Waals surface area contributed by atoms with Gasteiger partial charge in [0.05, 0.1) is 22.3 Å². The highest BCUT2D eigenvalue weighted by molar-refractivity contribution is 6.12. The summed E-state index contributed by atoms with van der Waals surface area (Å²) in [7, 11) is 0. The lowest BCUT2D eigenvalue weighted by Gasteiger charge is -2.13. The van der Waals surface area contributed by atoms with E-state index in [1.165, 1.54) is 36.4 Å². The molecule has 6 aromatic carbocycles. The molecule has 0 aliphatic carbocycles. The molecule has 10 N–H and O–H groups in total. The van der Waals surface area contributed by atoms with Gasteiger partial charge in [-0.3, -0.25) is 9.59 Å². The van der Waals surface area contributed by atoms with Crippen LogP contribution in [0.1, 0.15) is 41.4 Å². The molecule has 0 atom stereocenters. The summed E-state index contributed by atoms with van der Waals surface area (Å²) in [4.78, 5) is 50.7. The number of carbonyl (C=O) groups excluding carboxylic acids is 2. The van der Waals surface area contributed by atoms with Crippen LogP contribution in [-0.2, 0) is 0 Å². The first-order chi connectivity index (χ1) is 25.5. The number of ether oxygens (including phenoxy) is 3. The van der Waals surface area contributed by atoms with Gasteiger partial charge in [0.25, 0.3) is 11.8 Å². The maximum Gasteiger partial charge on any atom is 0.336 e. The van der Waals surface area contributed by atoms with E-state index in [0.29, 0.717) is 34.4 Å². The quantitative estimate of drug-likeness (QED) is 0.0793. The van der Waals surface area contributed by atoms with E-state index < -0.39 is 23.8 Å². The van der Waals surface area contributed by atoms with Crippen LogP contribution >= 0.6 is 0 Å². The number of rotatable bonds is 12. The number of carbonyl (C=O) groups is 4. The van der Waals surface area contributed by atoms with Gasteiger partial charge in [-0.1, -0.05) is 0 Å². The van der Waals surface area contributed by atoms with E-state index >= 15 is 0 Å². The summed E-state index contributed by atoms with van der Waals surface area (Å²) in [6, 6.07) is 34.9. The highest BCUT2D eigenvalue weighted by Crippen LogP contribution is 2.29. The van der Waals surface area contributed by atoms with E-state index in [-0.39, 0.29) is 33.8 Å². The molecule has 0 aromatic heterocycles. The molecule has 6 aromatic rings. The fourth-order valence-electron chi connectivity index (χ4n) is 5.06. The number of nitrogens with one attached hydrogen (secondary N) is 2. The van der Waals surface area contributed by atoms with Gasteiger partial charge in [0.15, 0.2) is 0 Å². The van der Waals surface area contributed by atoms with E-state index in [0.717, 1.165) is 11.4 Å². The van der Waals surface area contributed by atoms with E-state index in [1.54, 1.807) is 72.8 Å². The van der Waals surface area contributed by atoms with Crippen molar-refractivity contribution in [1.29, 1.82) is 0 Å². The second-order valence-corrected chi connectivity index (χ2v) is 11.6. The maximum absolute atomic E-state index is 13.3. The molecule has 0 saturated heterocycles. The summed E-state index contributed by atoms with van der Waals surface area (Å²) in [6.07, 6.45) is 0. The predicted molar refractivity (Wildman–Crippen MR) is 194 cm³/mol. The fraction of sp³-hybridized carbons (Fsp3) is 0. The van der Waals surface area contributed by atoms with Crippen molar-refractivity contribution < 1.29 is 55.1 Å². The van der Waals surface area contributed by atoms with Crippen molar-refractivity contribution in [3.8, 4) is 34.5 Å². The Morgan fingerprint density at radius 2 is 0.679 bits per heavy atom. The molecular weight excluding hydrogens is 680 g/mol. The standard InChI is InChI=1S/C40H30N4O9/c41-23-1-9-27(10-2-23)51-29-13-5-25(6-14-29)43-37(45)35-21-31(17-19-33(35)39(47)48)53-32-18-20-34(40(49)50)36(22-32)38(46)44-26-7-15-30(16-8-26)52-28-11-3-24(42)4-12-28/h1-22H,41-42H2,(H,43,45)(H,44,46)(H,47,48)(H,49,50)/p+2. The zero-order valence-corrected chi connectivity index (χ0v) is 27.9. The molecule has 6 rings (SSSR count). The van der Waals surface area contributed by atoms with Crippen molar-refractivity contribution >= 4 is 46.5 Å². The number of quaternary nitrogens is 2. The van der Waals surface area contributed by atoms with Gasteiger partial charge >= 0.3 is 11.9 Å². The number of aromatic carboxylic acids is 2. The van der Waals surface area contributed by atoms with Crippen molar-refractivity contribution in [1.82, 2.24) is 0 Å². The normalized spacial score (nSPS) is 10.5. The minimum atomic E-state index is -1.34. The summed E-state index contributed by atoms with van der Waals surface area (Å²) in [6.45, 7) is 0. The number of benzene rings is 6. The lowest BCUT2D eigenvalue weighted by Crippen LogP contribution is -2.39. The van der Waals surface area contributed by atoms with Crippen LogP contribution in [0, 0.1) is 0 Å². The van der Waals surface area contributed by atoms with Crippen LogP contribution in [0.25, 0.3) is 0 Å². The molecule has 53 heavy (non-hydrogen) atoms. The zero-order valence-electron chi connectivity index (χ0n) is 27.9. The smallest absolute Gasteiger partial charge is 0.336 e. The molecule has 0 spiro atoms. The predicted octanol–water partition coefficient (Wildman–Crippen LogP) is 6.71. The number of hydrogen-bond acceptors (Lipinski definition) is 7. The van der Waals surface area contributed by atoms with Gasteiger partial charge in [-0.15, -0.1) is 0 Å². The second kappa shape index (κ2) is 15.6. The number of amides is 2. The fourth-order valence-corrected chi connectivity index (χ4v) is 5.06. The number of carboxylic acids is 2. The molecule has 0 heterocycles. The third-order valence-corrected chi connectivity index (χ3v) is 7.71. The van der Waals surface area contributed by atoms with Crippen LogP contribution in [0.5, 0.6) is 34.5 Å². The van der Waals surface area contributed by atoms with E-state index in [9.17, 15) is 29.4 Å². The number of carboxylic acid groups (broad SMARTS) is 2. The van der Waals surface area contributed by atoms with Crippen LogP contribution in [0.15, 0.2) is 133 Å². The Kier molecular flexibility index (Phi) is 10.4. The lowest BCUT2D eigenvalue weighted by atomic mass is 10.1. The summed E-state index contributed by atoms with van der Waals surface area (Å²) in [5.41, 5.74) is 9.17. The van der Waals surface area contributed by atoms with Gasteiger partial charge in [-0.2, -0.15) is 0 Å². The minimum absolute atomic E-state index is 0.0621. The Labute approximate surface area is 302 Å². The van der Waals surface area contributed by atoms with Crippen molar-refractivity contribution in [2.45, 2.75) is 0 Å².